The van der Waals surface area contributed by atoms with E-state index in [0.29, 0.717) is 21.4 Å². The monoisotopic (exact) mass is 334 g/mol. The Morgan fingerprint density at radius 3 is 2.45 bits per heavy atom. The number of amides is 1. The lowest BCUT2D eigenvalue weighted by molar-refractivity contribution is -0.144. The van der Waals surface area contributed by atoms with E-state index in [-0.39, 0.29) is 6.42 Å². The third-order valence-corrected chi connectivity index (χ3v) is 3.11. The Morgan fingerprint density at radius 1 is 1.35 bits per heavy atom. The van der Waals surface area contributed by atoms with Gasteiger partial charge in [0.15, 0.2) is 0 Å². The summed E-state index contributed by atoms with van der Waals surface area (Å²) in [6, 6.07) is 4.90. The number of halogens is 2. The number of rotatable bonds is 6. The summed E-state index contributed by atoms with van der Waals surface area (Å²) >= 11 is 15.8. The van der Waals surface area contributed by atoms with Gasteiger partial charge in [0.2, 0.25) is 5.91 Å². The maximum atomic E-state index is 11.7. The Hall–Kier alpha value is -1.24. The fraction of sp³-hybridized carbons (Fsp3) is 0.250. The normalized spacial score (nSPS) is 10.8. The first-order chi connectivity index (χ1) is 9.45. The second-order valence-electron chi connectivity index (χ2n) is 3.70. The van der Waals surface area contributed by atoms with Crippen molar-refractivity contribution in [3.05, 3.63) is 33.8 Å². The molecule has 0 bridgehead atoms. The summed E-state index contributed by atoms with van der Waals surface area (Å²) in [4.78, 5) is 22.4. The maximum Gasteiger partial charge on any atom is 0.325 e. The highest BCUT2D eigenvalue weighted by Gasteiger charge is 2.15. The largest absolute Gasteiger partial charge is 0.480 e. The third-order valence-electron chi connectivity index (χ3n) is 2.22. The molecule has 8 heteroatoms. The molecule has 0 unspecified atom stereocenters. The molecule has 0 heterocycles. The first kappa shape index (κ1) is 16.8. The molecule has 0 saturated heterocycles. The lowest BCUT2D eigenvalue weighted by Crippen LogP contribution is -2.31. The van der Waals surface area contributed by atoms with E-state index < -0.39 is 18.4 Å². The lowest BCUT2D eigenvalue weighted by Gasteiger charge is -2.14. The number of carbonyl (C=O) groups excluding carboxylic acids is 1. The van der Waals surface area contributed by atoms with Gasteiger partial charge in [0, 0.05) is 12.0 Å². The average molecular weight is 335 g/mol. The number of benzene rings is 1. The first-order valence-corrected chi connectivity index (χ1v) is 6.95. The Morgan fingerprint density at radius 2 is 1.95 bits per heavy atom. The smallest absolute Gasteiger partial charge is 0.325 e. The minimum Gasteiger partial charge on any atom is -0.480 e. The number of carbonyl (C=O) groups is 2. The quantitative estimate of drug-likeness (QED) is 0.477. The molecule has 1 amide bonds. The molecule has 0 atom stereocenters. The molecule has 0 spiro atoms. The molecule has 0 fully saturated rings. The van der Waals surface area contributed by atoms with Gasteiger partial charge in [-0.1, -0.05) is 29.3 Å². The molecule has 1 N–H and O–H groups in total. The molecule has 0 radical (unpaired) electrons. The zero-order valence-electron chi connectivity index (χ0n) is 10.3. The minimum atomic E-state index is -1.17. The van der Waals surface area contributed by atoms with Gasteiger partial charge < -0.3 is 5.11 Å². The predicted octanol–water partition coefficient (Wildman–Crippen LogP) is 2.56. The second kappa shape index (κ2) is 8.14. The van der Waals surface area contributed by atoms with Crippen LogP contribution in [0.2, 0.25) is 10.0 Å². The number of hydrogen-bond donors (Lipinski definition) is 2. The summed E-state index contributed by atoms with van der Waals surface area (Å²) in [6.45, 7) is -0.537. The van der Waals surface area contributed by atoms with Crippen molar-refractivity contribution < 1.29 is 14.7 Å². The Labute approximate surface area is 131 Å². The average Bonchev–Trinajstić information content (AvgIpc) is 2.36. The molecule has 0 aromatic heterocycles. The highest BCUT2D eigenvalue weighted by molar-refractivity contribution is 7.80. The molecule has 5 nitrogen and oxygen atoms in total. The zero-order valence-corrected chi connectivity index (χ0v) is 12.7. The van der Waals surface area contributed by atoms with E-state index in [9.17, 15) is 9.59 Å². The summed E-state index contributed by atoms with van der Waals surface area (Å²) in [5.41, 5.74) is 0.421. The van der Waals surface area contributed by atoms with E-state index in [1.165, 1.54) is 6.21 Å². The molecule has 0 aliphatic heterocycles. The van der Waals surface area contributed by atoms with Crippen LogP contribution in [-0.4, -0.2) is 40.5 Å². The standard InChI is InChI=1S/C12H12Cl2N2O3S/c13-9-2-1-3-10(14)8(9)6-15-16(7-12(18)19)11(17)4-5-20/h1-3,6,20H,4-5,7H2,(H,18,19)/b15-6+. The number of thiol groups is 1. The van der Waals surface area contributed by atoms with Gasteiger partial charge in [0.1, 0.15) is 6.54 Å². The Kier molecular flexibility index (Phi) is 6.84. The molecule has 1 aromatic rings. The molecule has 1 rings (SSSR count). The molecule has 0 saturated carbocycles. The topological polar surface area (TPSA) is 70.0 Å². The van der Waals surface area contributed by atoms with Crippen LogP contribution in [0.5, 0.6) is 0 Å². The molecule has 20 heavy (non-hydrogen) atoms. The van der Waals surface area contributed by atoms with Crippen molar-refractivity contribution >= 4 is 53.9 Å². The first-order valence-electron chi connectivity index (χ1n) is 5.56. The molecule has 0 aliphatic carbocycles. The molecule has 1 aromatic carbocycles. The summed E-state index contributed by atoms with van der Waals surface area (Å²) in [5.74, 6) is -1.31. The van der Waals surface area contributed by atoms with Crippen molar-refractivity contribution in [3.8, 4) is 0 Å². The van der Waals surface area contributed by atoms with Crippen LogP contribution in [0.4, 0.5) is 0 Å². The van der Waals surface area contributed by atoms with Crippen LogP contribution in [0.15, 0.2) is 23.3 Å². The minimum absolute atomic E-state index is 0.0873. The van der Waals surface area contributed by atoms with Gasteiger partial charge >= 0.3 is 5.97 Å². The van der Waals surface area contributed by atoms with Gasteiger partial charge in [-0.3, -0.25) is 9.59 Å². The summed E-state index contributed by atoms with van der Waals surface area (Å²) in [5, 5.41) is 14.2. The van der Waals surface area contributed by atoms with Crippen LogP contribution in [-0.2, 0) is 9.59 Å². The van der Waals surface area contributed by atoms with E-state index in [1.54, 1.807) is 18.2 Å². The van der Waals surface area contributed by atoms with E-state index in [4.69, 9.17) is 28.3 Å². The molecule has 108 valence electrons. The lowest BCUT2D eigenvalue weighted by atomic mass is 10.2. The van der Waals surface area contributed by atoms with Crippen LogP contribution in [0.25, 0.3) is 0 Å². The van der Waals surface area contributed by atoms with E-state index >= 15 is 0 Å². The Balaban J connectivity index is 2.96. The van der Waals surface area contributed by atoms with Gasteiger partial charge in [0.25, 0.3) is 0 Å². The molecule has 0 aliphatic rings. The summed E-state index contributed by atoms with van der Waals surface area (Å²) < 4.78 is 0. The maximum absolute atomic E-state index is 11.7. The number of hydrogen-bond acceptors (Lipinski definition) is 4. The summed E-state index contributed by atoms with van der Waals surface area (Å²) in [6.07, 6.45) is 1.36. The summed E-state index contributed by atoms with van der Waals surface area (Å²) in [7, 11) is 0. The third kappa shape index (κ3) is 5.03. The fourth-order valence-corrected chi connectivity index (χ4v) is 1.99. The highest BCUT2D eigenvalue weighted by atomic mass is 35.5. The Bertz CT molecular complexity index is 517. The van der Waals surface area contributed by atoms with Gasteiger partial charge in [-0.05, 0) is 17.9 Å². The van der Waals surface area contributed by atoms with Crippen LogP contribution in [0, 0.1) is 0 Å². The van der Waals surface area contributed by atoms with E-state index in [2.05, 4.69) is 17.7 Å². The van der Waals surface area contributed by atoms with E-state index in [1.807, 2.05) is 0 Å². The van der Waals surface area contributed by atoms with Crippen molar-refractivity contribution in [2.45, 2.75) is 6.42 Å². The van der Waals surface area contributed by atoms with Gasteiger partial charge in [-0.15, -0.1) is 0 Å². The zero-order chi connectivity index (χ0) is 15.1. The molecular weight excluding hydrogens is 323 g/mol. The number of carboxylic acid groups (broad SMARTS) is 1. The number of carboxylic acids is 1. The van der Waals surface area contributed by atoms with Crippen LogP contribution in [0.1, 0.15) is 12.0 Å². The van der Waals surface area contributed by atoms with Crippen LogP contribution in [0.3, 0.4) is 0 Å². The number of nitrogens with zero attached hydrogens (tertiary/aromatic N) is 2. The van der Waals surface area contributed by atoms with Crippen molar-refractivity contribution in [1.82, 2.24) is 5.01 Å². The SMILES string of the molecule is O=C(O)CN(/N=C/c1c(Cl)cccc1Cl)C(=O)CCS. The number of aliphatic carboxylic acids is 1. The number of hydrazone groups is 1. The van der Waals surface area contributed by atoms with Crippen molar-refractivity contribution in [1.29, 1.82) is 0 Å². The fourth-order valence-electron chi connectivity index (χ4n) is 1.31. The second-order valence-corrected chi connectivity index (χ2v) is 4.96. The van der Waals surface area contributed by atoms with Gasteiger partial charge in [-0.25, -0.2) is 5.01 Å². The van der Waals surface area contributed by atoms with Crippen LogP contribution < -0.4 is 0 Å². The van der Waals surface area contributed by atoms with Crippen molar-refractivity contribution in [2.75, 3.05) is 12.3 Å². The van der Waals surface area contributed by atoms with Crippen molar-refractivity contribution in [3.63, 3.8) is 0 Å². The van der Waals surface area contributed by atoms with Crippen LogP contribution >= 0.6 is 35.8 Å². The highest BCUT2D eigenvalue weighted by Crippen LogP contribution is 2.22. The predicted molar refractivity (Wildman–Crippen MR) is 81.9 cm³/mol. The van der Waals surface area contributed by atoms with Gasteiger partial charge in [-0.2, -0.15) is 17.7 Å². The molecular formula is C12H12Cl2N2O3S. The van der Waals surface area contributed by atoms with E-state index in [0.717, 1.165) is 5.01 Å². The van der Waals surface area contributed by atoms with Crippen molar-refractivity contribution in [2.24, 2.45) is 5.10 Å². The van der Waals surface area contributed by atoms with Gasteiger partial charge in [0.05, 0.1) is 16.3 Å².